The third kappa shape index (κ3) is 2.46. The molecule has 0 bridgehead atoms. The SMILES string of the molecule is Cc1ccc(C(O)c2cc(Br)sc2Br)c2ccccc12. The second-order valence-corrected chi connectivity index (χ2v) is 8.45. The number of thiophene rings is 1. The predicted octanol–water partition coefficient (Wildman–Crippen LogP) is 5.82. The molecule has 1 nitrogen and oxygen atoms in total. The van der Waals surface area contributed by atoms with E-state index in [0.717, 1.165) is 24.1 Å². The molecule has 1 N–H and O–H groups in total. The third-order valence-corrected chi connectivity index (χ3v) is 5.83. The summed E-state index contributed by atoms with van der Waals surface area (Å²) in [6.07, 6.45) is -0.627. The highest BCUT2D eigenvalue weighted by Crippen LogP contribution is 2.39. The molecule has 3 rings (SSSR count). The molecule has 0 saturated carbocycles. The van der Waals surface area contributed by atoms with Crippen molar-refractivity contribution in [3.05, 3.63) is 66.7 Å². The van der Waals surface area contributed by atoms with Crippen molar-refractivity contribution >= 4 is 54.0 Å². The highest BCUT2D eigenvalue weighted by atomic mass is 79.9. The van der Waals surface area contributed by atoms with E-state index in [1.165, 1.54) is 10.9 Å². The fourth-order valence-corrected chi connectivity index (χ4v) is 5.30. The second kappa shape index (κ2) is 5.60. The first-order valence-corrected chi connectivity index (χ1v) is 8.59. The summed E-state index contributed by atoms with van der Waals surface area (Å²) in [4.78, 5) is 0. The van der Waals surface area contributed by atoms with Crippen molar-refractivity contribution in [2.45, 2.75) is 13.0 Å². The third-order valence-electron chi connectivity index (χ3n) is 3.45. The van der Waals surface area contributed by atoms with Crippen molar-refractivity contribution in [1.82, 2.24) is 0 Å². The Bertz CT molecular complexity index is 779. The van der Waals surface area contributed by atoms with Crippen LogP contribution < -0.4 is 0 Å². The van der Waals surface area contributed by atoms with Gasteiger partial charge < -0.3 is 5.11 Å². The molecule has 0 aliphatic carbocycles. The van der Waals surface area contributed by atoms with E-state index in [1.807, 2.05) is 24.3 Å². The van der Waals surface area contributed by atoms with E-state index in [1.54, 1.807) is 11.3 Å². The Morgan fingerprint density at radius 3 is 2.35 bits per heavy atom. The number of hydrogen-bond donors (Lipinski definition) is 1. The lowest BCUT2D eigenvalue weighted by atomic mass is 9.95. The van der Waals surface area contributed by atoms with Crippen LogP contribution in [0.1, 0.15) is 22.8 Å². The fraction of sp³-hybridized carbons (Fsp3) is 0.125. The zero-order valence-corrected chi connectivity index (χ0v) is 14.7. The normalized spacial score (nSPS) is 12.8. The van der Waals surface area contributed by atoms with Gasteiger partial charge in [0.15, 0.2) is 0 Å². The Kier molecular flexibility index (Phi) is 4.00. The molecule has 0 fully saturated rings. The van der Waals surface area contributed by atoms with E-state index in [2.05, 4.69) is 57.0 Å². The molecule has 1 heterocycles. The smallest absolute Gasteiger partial charge is 0.107 e. The van der Waals surface area contributed by atoms with Gasteiger partial charge in [-0.3, -0.25) is 0 Å². The molecule has 0 saturated heterocycles. The molecule has 3 aromatic rings. The number of benzene rings is 2. The van der Waals surface area contributed by atoms with Crippen molar-refractivity contribution in [3.8, 4) is 0 Å². The van der Waals surface area contributed by atoms with E-state index in [9.17, 15) is 5.11 Å². The molecule has 1 aromatic heterocycles. The summed E-state index contributed by atoms with van der Waals surface area (Å²) in [5, 5.41) is 13.0. The minimum atomic E-state index is -0.627. The van der Waals surface area contributed by atoms with Gasteiger partial charge in [-0.05, 0) is 66.7 Å². The standard InChI is InChI=1S/C16H12Br2OS/c1-9-6-7-12(11-5-3-2-4-10(9)11)15(19)13-8-14(17)20-16(13)18/h2-8,15,19H,1H3. The van der Waals surface area contributed by atoms with Crippen molar-refractivity contribution in [1.29, 1.82) is 0 Å². The van der Waals surface area contributed by atoms with Gasteiger partial charge in [-0.15, -0.1) is 11.3 Å². The van der Waals surface area contributed by atoms with Crippen LogP contribution in [0.25, 0.3) is 10.8 Å². The molecular weight excluding hydrogens is 400 g/mol. The lowest BCUT2D eigenvalue weighted by Crippen LogP contribution is -2.00. The molecule has 1 unspecified atom stereocenters. The average Bonchev–Trinajstić information content (AvgIpc) is 2.78. The van der Waals surface area contributed by atoms with Gasteiger partial charge in [0.25, 0.3) is 0 Å². The van der Waals surface area contributed by atoms with Crippen LogP contribution in [-0.2, 0) is 0 Å². The van der Waals surface area contributed by atoms with Gasteiger partial charge in [0, 0.05) is 5.56 Å². The van der Waals surface area contributed by atoms with E-state index >= 15 is 0 Å². The Labute approximate surface area is 138 Å². The average molecular weight is 412 g/mol. The summed E-state index contributed by atoms with van der Waals surface area (Å²) >= 11 is 8.56. The summed E-state index contributed by atoms with van der Waals surface area (Å²) in [6, 6.07) is 14.2. The van der Waals surface area contributed by atoms with Crippen LogP contribution in [0.4, 0.5) is 0 Å². The van der Waals surface area contributed by atoms with E-state index < -0.39 is 6.10 Å². The zero-order valence-electron chi connectivity index (χ0n) is 10.7. The van der Waals surface area contributed by atoms with E-state index in [4.69, 9.17) is 0 Å². The number of aliphatic hydroxyl groups excluding tert-OH is 1. The van der Waals surface area contributed by atoms with Crippen molar-refractivity contribution in [2.75, 3.05) is 0 Å². The van der Waals surface area contributed by atoms with E-state index in [0.29, 0.717) is 0 Å². The Balaban J connectivity index is 2.20. The van der Waals surface area contributed by atoms with Crippen molar-refractivity contribution < 1.29 is 5.11 Å². The molecule has 20 heavy (non-hydrogen) atoms. The summed E-state index contributed by atoms with van der Waals surface area (Å²) in [7, 11) is 0. The van der Waals surface area contributed by atoms with Gasteiger partial charge >= 0.3 is 0 Å². The van der Waals surface area contributed by atoms with Gasteiger partial charge in [0.1, 0.15) is 6.10 Å². The minimum absolute atomic E-state index is 0.627. The number of halogens is 2. The highest BCUT2D eigenvalue weighted by Gasteiger charge is 2.18. The quantitative estimate of drug-likeness (QED) is 0.563. The lowest BCUT2D eigenvalue weighted by Gasteiger charge is -2.14. The molecule has 2 aromatic carbocycles. The molecule has 4 heteroatoms. The molecule has 0 aliphatic rings. The maximum Gasteiger partial charge on any atom is 0.107 e. The molecule has 0 radical (unpaired) electrons. The van der Waals surface area contributed by atoms with Crippen LogP contribution in [0.15, 0.2) is 50.0 Å². The van der Waals surface area contributed by atoms with Crippen LogP contribution in [0.3, 0.4) is 0 Å². The Morgan fingerprint density at radius 1 is 1.00 bits per heavy atom. The van der Waals surface area contributed by atoms with Gasteiger partial charge in [0.05, 0.1) is 7.57 Å². The number of fused-ring (bicyclic) bond motifs is 1. The first-order valence-electron chi connectivity index (χ1n) is 6.19. The van der Waals surface area contributed by atoms with Crippen LogP contribution >= 0.6 is 43.2 Å². The monoisotopic (exact) mass is 410 g/mol. The summed E-state index contributed by atoms with van der Waals surface area (Å²) in [5.74, 6) is 0. The molecule has 102 valence electrons. The topological polar surface area (TPSA) is 20.2 Å². The first-order chi connectivity index (χ1) is 9.58. The number of rotatable bonds is 2. The van der Waals surface area contributed by atoms with E-state index in [-0.39, 0.29) is 0 Å². The van der Waals surface area contributed by atoms with Crippen molar-refractivity contribution in [3.63, 3.8) is 0 Å². The molecule has 0 amide bonds. The van der Waals surface area contributed by atoms with Crippen LogP contribution in [0.5, 0.6) is 0 Å². The van der Waals surface area contributed by atoms with Gasteiger partial charge in [-0.25, -0.2) is 0 Å². The molecule has 0 aliphatic heterocycles. The summed E-state index contributed by atoms with van der Waals surface area (Å²) in [6.45, 7) is 2.09. The minimum Gasteiger partial charge on any atom is -0.384 e. The summed E-state index contributed by atoms with van der Waals surface area (Å²) in [5.41, 5.74) is 3.06. The largest absolute Gasteiger partial charge is 0.384 e. The first kappa shape index (κ1) is 14.3. The van der Waals surface area contributed by atoms with Gasteiger partial charge in [-0.2, -0.15) is 0 Å². The summed E-state index contributed by atoms with van der Waals surface area (Å²) < 4.78 is 1.97. The van der Waals surface area contributed by atoms with Crippen LogP contribution in [-0.4, -0.2) is 5.11 Å². The predicted molar refractivity (Wildman–Crippen MR) is 92.5 cm³/mol. The number of aliphatic hydroxyl groups is 1. The Morgan fingerprint density at radius 2 is 1.70 bits per heavy atom. The molecule has 1 atom stereocenters. The maximum absolute atomic E-state index is 10.7. The van der Waals surface area contributed by atoms with Gasteiger partial charge in [0.2, 0.25) is 0 Å². The maximum atomic E-state index is 10.7. The molecule has 0 spiro atoms. The second-order valence-electron chi connectivity index (χ2n) is 4.70. The molecular formula is C16H12Br2OS. The van der Waals surface area contributed by atoms with Crippen LogP contribution in [0.2, 0.25) is 0 Å². The van der Waals surface area contributed by atoms with Crippen molar-refractivity contribution in [2.24, 2.45) is 0 Å². The lowest BCUT2D eigenvalue weighted by molar-refractivity contribution is 0.221. The number of aryl methyl sites for hydroxylation is 1. The number of hydrogen-bond acceptors (Lipinski definition) is 2. The van der Waals surface area contributed by atoms with Gasteiger partial charge in [-0.1, -0.05) is 36.4 Å². The zero-order chi connectivity index (χ0) is 14.3. The highest BCUT2D eigenvalue weighted by molar-refractivity contribution is 9.12. The fourth-order valence-electron chi connectivity index (χ4n) is 2.42. The Hall–Kier alpha value is -0.680. The van der Waals surface area contributed by atoms with Crippen LogP contribution in [0, 0.1) is 6.92 Å².